The topological polar surface area (TPSA) is 77.8 Å². The molecule has 1 amide bonds. The van der Waals surface area contributed by atoms with Crippen LogP contribution in [0.4, 0.5) is 5.69 Å². The molecule has 8 heteroatoms. The van der Waals surface area contributed by atoms with Gasteiger partial charge in [-0.15, -0.1) is 0 Å². The molecule has 0 fully saturated rings. The van der Waals surface area contributed by atoms with Crippen LogP contribution in [0.5, 0.6) is 5.75 Å². The van der Waals surface area contributed by atoms with Crippen LogP contribution in [-0.2, 0) is 4.74 Å². The zero-order chi connectivity index (χ0) is 17.8. The van der Waals surface area contributed by atoms with Gasteiger partial charge in [0, 0.05) is 25.2 Å². The van der Waals surface area contributed by atoms with Crippen molar-refractivity contribution >= 4 is 28.8 Å². The molecule has 25 heavy (non-hydrogen) atoms. The van der Waals surface area contributed by atoms with Crippen molar-refractivity contribution < 1.29 is 14.3 Å². The largest absolute Gasteiger partial charge is 0.490 e. The van der Waals surface area contributed by atoms with Crippen LogP contribution >= 0.6 is 11.6 Å². The fourth-order valence-electron chi connectivity index (χ4n) is 2.39. The van der Waals surface area contributed by atoms with E-state index >= 15 is 0 Å². The Labute approximate surface area is 149 Å². The summed E-state index contributed by atoms with van der Waals surface area (Å²) in [5, 5.41) is 7.51. The van der Waals surface area contributed by atoms with E-state index in [0.29, 0.717) is 46.6 Å². The van der Waals surface area contributed by atoms with Gasteiger partial charge >= 0.3 is 0 Å². The third kappa shape index (κ3) is 3.72. The summed E-state index contributed by atoms with van der Waals surface area (Å²) in [6.07, 6.45) is 3.37. The molecule has 1 N–H and O–H groups in total. The van der Waals surface area contributed by atoms with Gasteiger partial charge in [-0.1, -0.05) is 11.6 Å². The monoisotopic (exact) mass is 360 g/mol. The van der Waals surface area contributed by atoms with Gasteiger partial charge in [-0.2, -0.15) is 5.10 Å². The van der Waals surface area contributed by atoms with Gasteiger partial charge in [0.05, 0.1) is 17.3 Å². The smallest absolute Gasteiger partial charge is 0.261 e. The lowest BCUT2D eigenvalue weighted by Gasteiger charge is -2.10. The van der Waals surface area contributed by atoms with Crippen LogP contribution in [-0.4, -0.2) is 40.8 Å². The van der Waals surface area contributed by atoms with Crippen molar-refractivity contribution in [2.24, 2.45) is 0 Å². The van der Waals surface area contributed by atoms with Crippen molar-refractivity contribution in [3.8, 4) is 5.75 Å². The predicted molar refractivity (Wildman–Crippen MR) is 94.5 cm³/mol. The van der Waals surface area contributed by atoms with Crippen molar-refractivity contribution in [3.63, 3.8) is 0 Å². The van der Waals surface area contributed by atoms with Gasteiger partial charge in [0.1, 0.15) is 17.9 Å². The Hall–Kier alpha value is -2.64. The molecule has 3 rings (SSSR count). The Balaban J connectivity index is 1.78. The number of carbonyl (C=O) groups is 1. The number of ether oxygens (including phenoxy) is 2. The van der Waals surface area contributed by atoms with E-state index in [1.54, 1.807) is 55.2 Å². The van der Waals surface area contributed by atoms with E-state index in [-0.39, 0.29) is 5.91 Å². The van der Waals surface area contributed by atoms with Crippen molar-refractivity contribution in [1.82, 2.24) is 14.6 Å². The highest BCUT2D eigenvalue weighted by atomic mass is 35.5. The minimum atomic E-state index is -0.296. The van der Waals surface area contributed by atoms with Gasteiger partial charge in [0.25, 0.3) is 5.91 Å². The maximum atomic E-state index is 12.6. The molecule has 0 atom stereocenters. The SMILES string of the molecule is COCCOc1ccc(NC(=O)c2c(C)nn3cccnc23)cc1Cl. The van der Waals surface area contributed by atoms with Gasteiger partial charge in [0.15, 0.2) is 5.65 Å². The maximum absolute atomic E-state index is 12.6. The van der Waals surface area contributed by atoms with Gasteiger partial charge in [-0.05, 0) is 31.2 Å². The van der Waals surface area contributed by atoms with Crippen molar-refractivity contribution in [1.29, 1.82) is 0 Å². The van der Waals surface area contributed by atoms with Gasteiger partial charge < -0.3 is 14.8 Å². The molecule has 0 spiro atoms. The number of anilines is 1. The average Bonchev–Trinajstić information content (AvgIpc) is 2.92. The molecule has 3 aromatic rings. The third-order valence-electron chi connectivity index (χ3n) is 3.53. The Morgan fingerprint density at radius 3 is 2.96 bits per heavy atom. The van der Waals surface area contributed by atoms with E-state index in [1.165, 1.54) is 0 Å². The fraction of sp³-hybridized carbons (Fsp3) is 0.235. The predicted octanol–water partition coefficient (Wildman–Crippen LogP) is 2.97. The summed E-state index contributed by atoms with van der Waals surface area (Å²) in [5.74, 6) is 0.237. The molecular formula is C17H17ClN4O3. The second-order valence-electron chi connectivity index (χ2n) is 5.29. The van der Waals surface area contributed by atoms with Crippen LogP contribution in [0, 0.1) is 6.92 Å². The molecule has 0 aliphatic heterocycles. The quantitative estimate of drug-likeness (QED) is 0.684. The molecule has 2 heterocycles. The number of hydrogen-bond acceptors (Lipinski definition) is 5. The van der Waals surface area contributed by atoms with Crippen LogP contribution in [0.1, 0.15) is 16.1 Å². The van der Waals surface area contributed by atoms with E-state index in [4.69, 9.17) is 21.1 Å². The number of rotatable bonds is 6. The molecule has 0 unspecified atom stereocenters. The molecule has 130 valence electrons. The first-order valence-electron chi connectivity index (χ1n) is 7.62. The number of methoxy groups -OCH3 is 1. The van der Waals surface area contributed by atoms with Crippen molar-refractivity contribution in [2.45, 2.75) is 6.92 Å². The lowest BCUT2D eigenvalue weighted by atomic mass is 10.2. The van der Waals surface area contributed by atoms with E-state index in [1.807, 2.05) is 0 Å². The molecule has 0 radical (unpaired) electrons. The number of halogens is 1. The second-order valence-corrected chi connectivity index (χ2v) is 5.70. The number of carbonyl (C=O) groups excluding carboxylic acids is 1. The molecule has 2 aromatic heterocycles. The van der Waals surface area contributed by atoms with E-state index < -0.39 is 0 Å². The summed E-state index contributed by atoms with van der Waals surface area (Å²) in [5.41, 5.74) is 2.09. The third-order valence-corrected chi connectivity index (χ3v) is 3.83. The number of benzene rings is 1. The van der Waals surface area contributed by atoms with Crippen molar-refractivity contribution in [2.75, 3.05) is 25.6 Å². The van der Waals surface area contributed by atoms with Gasteiger partial charge in [-0.25, -0.2) is 9.50 Å². The summed E-state index contributed by atoms with van der Waals surface area (Å²) in [6.45, 7) is 2.63. The summed E-state index contributed by atoms with van der Waals surface area (Å²) in [6, 6.07) is 6.81. The van der Waals surface area contributed by atoms with Gasteiger partial charge in [-0.3, -0.25) is 4.79 Å². The Morgan fingerprint density at radius 1 is 1.36 bits per heavy atom. The molecule has 7 nitrogen and oxygen atoms in total. The molecule has 1 aromatic carbocycles. The van der Waals surface area contributed by atoms with Gasteiger partial charge in [0.2, 0.25) is 0 Å². The first kappa shape index (κ1) is 17.2. The van der Waals surface area contributed by atoms with Crippen LogP contribution < -0.4 is 10.1 Å². The Bertz CT molecular complexity index is 910. The van der Waals surface area contributed by atoms with E-state index in [9.17, 15) is 4.79 Å². The number of nitrogens with zero attached hydrogens (tertiary/aromatic N) is 3. The minimum Gasteiger partial charge on any atom is -0.490 e. The maximum Gasteiger partial charge on any atom is 0.261 e. The highest BCUT2D eigenvalue weighted by Gasteiger charge is 2.18. The van der Waals surface area contributed by atoms with Crippen molar-refractivity contribution in [3.05, 3.63) is 52.9 Å². The normalized spacial score (nSPS) is 10.8. The zero-order valence-corrected chi connectivity index (χ0v) is 14.6. The van der Waals surface area contributed by atoms with Crippen LogP contribution in [0.15, 0.2) is 36.7 Å². The number of fused-ring (bicyclic) bond motifs is 1. The van der Waals surface area contributed by atoms with E-state index in [0.717, 1.165) is 0 Å². The first-order valence-corrected chi connectivity index (χ1v) is 8.00. The molecule has 0 saturated carbocycles. The Kier molecular flexibility index (Phi) is 5.16. The molecular weight excluding hydrogens is 344 g/mol. The number of aryl methyl sites for hydroxylation is 1. The number of hydrogen-bond donors (Lipinski definition) is 1. The lowest BCUT2D eigenvalue weighted by molar-refractivity contribution is 0.102. The summed E-state index contributed by atoms with van der Waals surface area (Å²) in [4.78, 5) is 16.8. The summed E-state index contributed by atoms with van der Waals surface area (Å²) in [7, 11) is 1.60. The van der Waals surface area contributed by atoms with E-state index in [2.05, 4.69) is 15.4 Å². The standard InChI is InChI=1S/C17H17ClN4O3/c1-11-15(16-19-6-3-7-22(16)21-11)17(23)20-12-4-5-14(13(18)10-12)25-9-8-24-2/h3-7,10H,8-9H2,1-2H3,(H,20,23). The average molecular weight is 361 g/mol. The minimum absolute atomic E-state index is 0.296. The highest BCUT2D eigenvalue weighted by Crippen LogP contribution is 2.28. The van der Waals surface area contributed by atoms with Crippen LogP contribution in [0.25, 0.3) is 5.65 Å². The molecule has 0 saturated heterocycles. The molecule has 0 bridgehead atoms. The van der Waals surface area contributed by atoms with Crippen LogP contribution in [0.3, 0.4) is 0 Å². The highest BCUT2D eigenvalue weighted by molar-refractivity contribution is 6.32. The summed E-state index contributed by atoms with van der Waals surface area (Å²) >= 11 is 6.20. The fourth-order valence-corrected chi connectivity index (χ4v) is 2.62. The number of nitrogens with one attached hydrogen (secondary N) is 1. The lowest BCUT2D eigenvalue weighted by Crippen LogP contribution is -2.13. The summed E-state index contributed by atoms with van der Waals surface area (Å²) < 4.78 is 12.0. The van der Waals surface area contributed by atoms with Crippen LogP contribution in [0.2, 0.25) is 5.02 Å². The molecule has 0 aliphatic rings. The number of amides is 1. The second kappa shape index (κ2) is 7.50. The Morgan fingerprint density at radius 2 is 2.20 bits per heavy atom. The first-order chi connectivity index (χ1) is 12.1. The number of aromatic nitrogens is 3. The molecule has 0 aliphatic carbocycles. The zero-order valence-electron chi connectivity index (χ0n) is 13.8.